The van der Waals surface area contributed by atoms with Crippen molar-refractivity contribution in [3.8, 4) is 0 Å². The van der Waals surface area contributed by atoms with Crippen LogP contribution in [0.25, 0.3) is 0 Å². The summed E-state index contributed by atoms with van der Waals surface area (Å²) in [5.74, 6) is 0.177. The van der Waals surface area contributed by atoms with E-state index in [0.29, 0.717) is 6.04 Å². The van der Waals surface area contributed by atoms with Crippen LogP contribution in [-0.4, -0.2) is 12.6 Å². The molecule has 0 radical (unpaired) electrons. The molecule has 2 heteroatoms. The minimum absolute atomic E-state index is 0.105. The zero-order valence-electron chi connectivity index (χ0n) is 13.1. The van der Waals surface area contributed by atoms with Crippen LogP contribution >= 0.6 is 0 Å². The fourth-order valence-electron chi connectivity index (χ4n) is 2.54. The summed E-state index contributed by atoms with van der Waals surface area (Å²) in [7, 11) is 0. The Morgan fingerprint density at radius 3 is 2.43 bits per heavy atom. The molecule has 2 aromatic rings. The summed E-state index contributed by atoms with van der Waals surface area (Å²) in [5.41, 5.74) is 3.16. The van der Waals surface area contributed by atoms with Gasteiger partial charge in [-0.1, -0.05) is 61.9 Å². The minimum Gasteiger partial charge on any atom is -0.314 e. The lowest BCUT2D eigenvalue weighted by Gasteiger charge is -2.20. The SMILES string of the molecule is Cc1ccc(F)c(CC(CNC(C)C)c2ccccc2)c1. The lowest BCUT2D eigenvalue weighted by molar-refractivity contribution is 0.516. The van der Waals surface area contributed by atoms with Gasteiger partial charge in [0.15, 0.2) is 0 Å². The fourth-order valence-corrected chi connectivity index (χ4v) is 2.54. The summed E-state index contributed by atoms with van der Waals surface area (Å²) >= 11 is 0. The van der Waals surface area contributed by atoms with Crippen molar-refractivity contribution in [1.82, 2.24) is 5.32 Å². The number of aryl methyl sites for hydroxylation is 1. The summed E-state index contributed by atoms with van der Waals surface area (Å²) in [6, 6.07) is 16.1. The van der Waals surface area contributed by atoms with E-state index in [-0.39, 0.29) is 11.7 Å². The predicted octanol–water partition coefficient (Wildman–Crippen LogP) is 4.46. The van der Waals surface area contributed by atoms with Crippen molar-refractivity contribution in [1.29, 1.82) is 0 Å². The number of benzene rings is 2. The molecule has 0 aromatic heterocycles. The summed E-state index contributed by atoms with van der Waals surface area (Å²) in [6.45, 7) is 7.13. The molecule has 0 spiro atoms. The highest BCUT2D eigenvalue weighted by molar-refractivity contribution is 5.28. The zero-order chi connectivity index (χ0) is 15.2. The van der Waals surface area contributed by atoms with Gasteiger partial charge in [0.2, 0.25) is 0 Å². The molecule has 1 unspecified atom stereocenters. The van der Waals surface area contributed by atoms with Gasteiger partial charge in [0.1, 0.15) is 5.82 Å². The summed E-state index contributed by atoms with van der Waals surface area (Å²) < 4.78 is 14.0. The van der Waals surface area contributed by atoms with Gasteiger partial charge in [0.25, 0.3) is 0 Å². The molecular weight excluding hydrogens is 261 g/mol. The molecule has 21 heavy (non-hydrogen) atoms. The first-order valence-corrected chi connectivity index (χ1v) is 7.59. The quantitative estimate of drug-likeness (QED) is 0.826. The maximum atomic E-state index is 14.0. The number of hydrogen-bond donors (Lipinski definition) is 1. The molecule has 1 N–H and O–H groups in total. The van der Waals surface area contributed by atoms with Gasteiger partial charge in [-0.2, -0.15) is 0 Å². The maximum Gasteiger partial charge on any atom is 0.126 e. The summed E-state index contributed by atoms with van der Waals surface area (Å²) in [4.78, 5) is 0. The van der Waals surface area contributed by atoms with Crippen LogP contribution < -0.4 is 5.32 Å². The molecule has 1 nitrogen and oxygen atoms in total. The first-order valence-electron chi connectivity index (χ1n) is 7.59. The van der Waals surface area contributed by atoms with Crippen LogP contribution in [0.1, 0.15) is 36.5 Å². The van der Waals surface area contributed by atoms with Crippen molar-refractivity contribution >= 4 is 0 Å². The lowest BCUT2D eigenvalue weighted by Crippen LogP contribution is -2.29. The Bertz CT molecular complexity index is 563. The first-order chi connectivity index (χ1) is 10.1. The van der Waals surface area contributed by atoms with Crippen molar-refractivity contribution in [3.63, 3.8) is 0 Å². The average Bonchev–Trinajstić information content (AvgIpc) is 2.47. The van der Waals surface area contributed by atoms with E-state index in [1.54, 1.807) is 6.07 Å². The third kappa shape index (κ3) is 4.68. The van der Waals surface area contributed by atoms with Gasteiger partial charge in [-0.05, 0) is 30.5 Å². The minimum atomic E-state index is -0.105. The Morgan fingerprint density at radius 1 is 1.05 bits per heavy atom. The smallest absolute Gasteiger partial charge is 0.126 e. The number of halogens is 1. The Balaban J connectivity index is 2.21. The molecule has 0 aliphatic heterocycles. The highest BCUT2D eigenvalue weighted by Gasteiger charge is 2.15. The predicted molar refractivity (Wildman–Crippen MR) is 87.2 cm³/mol. The van der Waals surface area contributed by atoms with Gasteiger partial charge in [-0.3, -0.25) is 0 Å². The van der Waals surface area contributed by atoms with E-state index in [2.05, 4.69) is 31.3 Å². The molecule has 0 fully saturated rings. The van der Waals surface area contributed by atoms with Crippen LogP contribution in [0, 0.1) is 12.7 Å². The summed E-state index contributed by atoms with van der Waals surface area (Å²) in [5, 5.41) is 3.48. The van der Waals surface area contributed by atoms with Gasteiger partial charge >= 0.3 is 0 Å². The van der Waals surface area contributed by atoms with Crippen LogP contribution in [0.5, 0.6) is 0 Å². The Hall–Kier alpha value is -1.67. The molecule has 0 aliphatic rings. The monoisotopic (exact) mass is 285 g/mol. The summed E-state index contributed by atoms with van der Waals surface area (Å²) in [6.07, 6.45) is 0.719. The Labute approximate surface area is 127 Å². The maximum absolute atomic E-state index is 14.0. The van der Waals surface area contributed by atoms with Crippen LogP contribution in [0.4, 0.5) is 4.39 Å². The molecule has 0 aliphatic carbocycles. The molecule has 1 atom stereocenters. The van der Waals surface area contributed by atoms with Crippen molar-refractivity contribution in [3.05, 3.63) is 71.0 Å². The molecule has 0 saturated carbocycles. The molecule has 2 rings (SSSR count). The topological polar surface area (TPSA) is 12.0 Å². The van der Waals surface area contributed by atoms with Gasteiger partial charge < -0.3 is 5.32 Å². The van der Waals surface area contributed by atoms with E-state index in [0.717, 1.165) is 24.1 Å². The van der Waals surface area contributed by atoms with Crippen LogP contribution in [0.3, 0.4) is 0 Å². The van der Waals surface area contributed by atoms with Gasteiger partial charge in [0.05, 0.1) is 0 Å². The molecule has 2 aromatic carbocycles. The second kappa shape index (κ2) is 7.37. The fraction of sp³-hybridized carbons (Fsp3) is 0.368. The van der Waals surface area contributed by atoms with Crippen LogP contribution in [0.2, 0.25) is 0 Å². The van der Waals surface area contributed by atoms with Crippen molar-refractivity contribution < 1.29 is 4.39 Å². The molecule has 0 saturated heterocycles. The van der Waals surface area contributed by atoms with E-state index in [1.165, 1.54) is 5.56 Å². The van der Waals surface area contributed by atoms with Gasteiger partial charge in [0, 0.05) is 18.5 Å². The molecule has 0 bridgehead atoms. The number of rotatable bonds is 6. The van der Waals surface area contributed by atoms with Crippen molar-refractivity contribution in [2.24, 2.45) is 0 Å². The second-order valence-corrected chi connectivity index (χ2v) is 5.97. The van der Waals surface area contributed by atoms with E-state index < -0.39 is 0 Å². The van der Waals surface area contributed by atoms with E-state index in [1.807, 2.05) is 37.3 Å². The molecule has 0 heterocycles. The average molecular weight is 285 g/mol. The lowest BCUT2D eigenvalue weighted by atomic mass is 9.91. The largest absolute Gasteiger partial charge is 0.314 e. The third-order valence-electron chi connectivity index (χ3n) is 3.71. The van der Waals surface area contributed by atoms with E-state index in [4.69, 9.17) is 0 Å². The molecular formula is C19H24FN. The highest BCUT2D eigenvalue weighted by atomic mass is 19.1. The van der Waals surface area contributed by atoms with E-state index in [9.17, 15) is 4.39 Å². The molecule has 112 valence electrons. The van der Waals surface area contributed by atoms with Crippen molar-refractivity contribution in [2.75, 3.05) is 6.54 Å². The van der Waals surface area contributed by atoms with Crippen LogP contribution in [0.15, 0.2) is 48.5 Å². The number of nitrogens with one attached hydrogen (secondary N) is 1. The molecule has 0 amide bonds. The van der Waals surface area contributed by atoms with Crippen molar-refractivity contribution in [2.45, 2.75) is 39.2 Å². The number of hydrogen-bond acceptors (Lipinski definition) is 1. The normalized spacial score (nSPS) is 12.6. The zero-order valence-corrected chi connectivity index (χ0v) is 13.1. The van der Waals surface area contributed by atoms with E-state index >= 15 is 0 Å². The van der Waals surface area contributed by atoms with Crippen LogP contribution in [-0.2, 0) is 6.42 Å². The third-order valence-corrected chi connectivity index (χ3v) is 3.71. The second-order valence-electron chi connectivity index (χ2n) is 5.97. The highest BCUT2D eigenvalue weighted by Crippen LogP contribution is 2.23. The van der Waals surface area contributed by atoms with Gasteiger partial charge in [-0.25, -0.2) is 4.39 Å². The standard InChI is InChI=1S/C19H24FN/c1-14(2)21-13-18(16-7-5-4-6-8-16)12-17-11-15(3)9-10-19(17)20/h4-11,14,18,21H,12-13H2,1-3H3. The van der Waals surface area contributed by atoms with Gasteiger partial charge in [-0.15, -0.1) is 0 Å². The Kier molecular flexibility index (Phi) is 5.51. The Morgan fingerprint density at radius 2 is 1.76 bits per heavy atom. The first kappa shape index (κ1) is 15.7.